The van der Waals surface area contributed by atoms with Crippen LogP contribution in [0.3, 0.4) is 0 Å². The largest absolute Gasteiger partial charge is 0.384 e. The number of nitro groups is 1. The van der Waals surface area contributed by atoms with Crippen LogP contribution in [0.5, 0.6) is 0 Å². The molecule has 1 aromatic rings. The van der Waals surface area contributed by atoms with Crippen LogP contribution in [0.15, 0.2) is 10.3 Å². The SMILES string of the molecule is CCNc1sc(S(=O)(=O)NCC(C)COC)cc1[N+](=O)[O-]. The fourth-order valence-corrected chi connectivity index (χ4v) is 4.19. The standard InChI is InChI=1S/C11H19N3O5S2/c1-4-12-11-9(14(15)16)5-10(20-11)21(17,18)13-6-8(2)7-19-3/h5,8,12-13H,4,6-7H2,1-3H3. The highest BCUT2D eigenvalue weighted by atomic mass is 32.2. The van der Waals surface area contributed by atoms with Gasteiger partial charge in [-0.25, -0.2) is 13.1 Å². The number of nitrogens with zero attached hydrogens (tertiary/aromatic N) is 1. The third-order valence-electron chi connectivity index (χ3n) is 2.56. The van der Waals surface area contributed by atoms with Crippen molar-refractivity contribution in [3.63, 3.8) is 0 Å². The number of thiophene rings is 1. The molecule has 1 unspecified atom stereocenters. The van der Waals surface area contributed by atoms with Gasteiger partial charge in [0.2, 0.25) is 10.0 Å². The molecule has 2 N–H and O–H groups in total. The van der Waals surface area contributed by atoms with Gasteiger partial charge in [-0.15, -0.1) is 0 Å². The Morgan fingerprint density at radius 3 is 2.71 bits per heavy atom. The van der Waals surface area contributed by atoms with Crippen LogP contribution in [-0.2, 0) is 14.8 Å². The first kappa shape index (κ1) is 17.8. The maximum Gasteiger partial charge on any atom is 0.304 e. The molecular weight excluding hydrogens is 318 g/mol. The Kier molecular flexibility index (Phi) is 6.52. The fourth-order valence-electron chi connectivity index (χ4n) is 1.58. The van der Waals surface area contributed by atoms with Gasteiger partial charge >= 0.3 is 5.69 Å². The van der Waals surface area contributed by atoms with Gasteiger partial charge in [0.25, 0.3) is 0 Å². The first-order chi connectivity index (χ1) is 9.81. The van der Waals surface area contributed by atoms with Crippen molar-refractivity contribution in [3.05, 3.63) is 16.2 Å². The lowest BCUT2D eigenvalue weighted by atomic mass is 10.2. The van der Waals surface area contributed by atoms with Crippen molar-refractivity contribution in [1.82, 2.24) is 4.72 Å². The van der Waals surface area contributed by atoms with Crippen LogP contribution < -0.4 is 10.0 Å². The molecule has 0 saturated heterocycles. The van der Waals surface area contributed by atoms with Crippen molar-refractivity contribution in [2.75, 3.05) is 32.1 Å². The number of sulfonamides is 1. The van der Waals surface area contributed by atoms with Gasteiger partial charge in [0.1, 0.15) is 4.21 Å². The highest BCUT2D eigenvalue weighted by Crippen LogP contribution is 2.36. The number of rotatable bonds is 9. The van der Waals surface area contributed by atoms with Crippen LogP contribution >= 0.6 is 11.3 Å². The van der Waals surface area contributed by atoms with Crippen LogP contribution in [0.2, 0.25) is 0 Å². The predicted molar refractivity (Wildman–Crippen MR) is 81.4 cm³/mol. The normalized spacial score (nSPS) is 13.1. The van der Waals surface area contributed by atoms with Crippen LogP contribution in [0.4, 0.5) is 10.7 Å². The second kappa shape index (κ2) is 7.69. The van der Waals surface area contributed by atoms with Gasteiger partial charge in [-0.2, -0.15) is 0 Å². The van der Waals surface area contributed by atoms with E-state index in [0.717, 1.165) is 17.4 Å². The number of hydrogen-bond acceptors (Lipinski definition) is 7. The minimum Gasteiger partial charge on any atom is -0.384 e. The third-order valence-corrected chi connectivity index (χ3v) is 5.54. The highest BCUT2D eigenvalue weighted by Gasteiger charge is 2.26. The molecule has 21 heavy (non-hydrogen) atoms. The predicted octanol–water partition coefficient (Wildman–Crippen LogP) is 1.65. The van der Waals surface area contributed by atoms with Crippen molar-refractivity contribution in [3.8, 4) is 0 Å². The average Bonchev–Trinajstić information content (AvgIpc) is 2.82. The Hall–Kier alpha value is -1.23. The van der Waals surface area contributed by atoms with Gasteiger partial charge in [-0.05, 0) is 12.8 Å². The summed E-state index contributed by atoms with van der Waals surface area (Å²) < 4.78 is 31.6. The van der Waals surface area contributed by atoms with Gasteiger partial charge in [-0.1, -0.05) is 18.3 Å². The second-order valence-corrected chi connectivity index (χ2v) is 7.53. The minimum atomic E-state index is -3.76. The van der Waals surface area contributed by atoms with E-state index in [2.05, 4.69) is 10.0 Å². The summed E-state index contributed by atoms with van der Waals surface area (Å²) >= 11 is 0.850. The summed E-state index contributed by atoms with van der Waals surface area (Å²) in [7, 11) is -2.22. The number of hydrogen-bond donors (Lipinski definition) is 2. The zero-order valence-electron chi connectivity index (χ0n) is 12.1. The van der Waals surface area contributed by atoms with Crippen LogP contribution in [0.25, 0.3) is 0 Å². The smallest absolute Gasteiger partial charge is 0.304 e. The van der Waals surface area contributed by atoms with Gasteiger partial charge in [0, 0.05) is 32.9 Å². The van der Waals surface area contributed by atoms with E-state index < -0.39 is 14.9 Å². The molecule has 1 atom stereocenters. The Morgan fingerprint density at radius 1 is 1.52 bits per heavy atom. The van der Waals surface area contributed by atoms with Crippen LogP contribution in [-0.4, -0.2) is 40.1 Å². The average molecular weight is 337 g/mol. The first-order valence-corrected chi connectivity index (χ1v) is 8.62. The summed E-state index contributed by atoms with van der Waals surface area (Å²) in [6.45, 7) is 4.72. The zero-order chi connectivity index (χ0) is 16.0. The van der Waals surface area contributed by atoms with E-state index in [1.54, 1.807) is 6.92 Å². The van der Waals surface area contributed by atoms with E-state index in [4.69, 9.17) is 4.74 Å². The first-order valence-electron chi connectivity index (χ1n) is 6.32. The van der Waals surface area contributed by atoms with Crippen molar-refractivity contribution in [2.45, 2.75) is 18.1 Å². The maximum absolute atomic E-state index is 12.1. The van der Waals surface area contributed by atoms with Gasteiger partial charge < -0.3 is 10.1 Å². The molecule has 1 heterocycles. The number of nitrogens with one attached hydrogen (secondary N) is 2. The molecular formula is C11H19N3O5S2. The summed E-state index contributed by atoms with van der Waals surface area (Å²) in [4.78, 5) is 10.3. The zero-order valence-corrected chi connectivity index (χ0v) is 13.7. The van der Waals surface area contributed by atoms with E-state index >= 15 is 0 Å². The Labute approximate surface area is 127 Å². The third kappa shape index (κ3) is 4.92. The van der Waals surface area contributed by atoms with Crippen molar-refractivity contribution in [1.29, 1.82) is 0 Å². The molecule has 10 heteroatoms. The lowest BCUT2D eigenvalue weighted by molar-refractivity contribution is -0.383. The Bertz CT molecular complexity index is 585. The topological polar surface area (TPSA) is 111 Å². The Balaban J connectivity index is 2.93. The van der Waals surface area contributed by atoms with E-state index in [1.165, 1.54) is 7.11 Å². The summed E-state index contributed by atoms with van der Waals surface area (Å²) in [5.41, 5.74) is -0.229. The molecule has 0 aliphatic rings. The quantitative estimate of drug-likeness (QED) is 0.523. The van der Waals surface area contributed by atoms with E-state index in [0.29, 0.717) is 13.2 Å². The summed E-state index contributed by atoms with van der Waals surface area (Å²) in [6, 6.07) is 1.08. The van der Waals surface area contributed by atoms with E-state index in [-0.39, 0.29) is 27.4 Å². The van der Waals surface area contributed by atoms with Gasteiger partial charge in [-0.3, -0.25) is 10.1 Å². The molecule has 0 spiro atoms. The molecule has 0 bridgehead atoms. The molecule has 0 aliphatic carbocycles. The Morgan fingerprint density at radius 2 is 2.19 bits per heavy atom. The van der Waals surface area contributed by atoms with Crippen molar-refractivity contribution in [2.24, 2.45) is 5.92 Å². The summed E-state index contributed by atoms with van der Waals surface area (Å²) in [5, 5.41) is 14.0. The maximum atomic E-state index is 12.1. The summed E-state index contributed by atoms with van der Waals surface area (Å²) in [6.07, 6.45) is 0. The van der Waals surface area contributed by atoms with Gasteiger partial charge in [0.05, 0.1) is 4.92 Å². The number of ether oxygens (including phenoxy) is 1. The van der Waals surface area contributed by atoms with Crippen LogP contribution in [0, 0.1) is 16.0 Å². The molecule has 8 nitrogen and oxygen atoms in total. The van der Waals surface area contributed by atoms with E-state index in [9.17, 15) is 18.5 Å². The fraction of sp³-hybridized carbons (Fsp3) is 0.636. The molecule has 0 radical (unpaired) electrons. The highest BCUT2D eigenvalue weighted by molar-refractivity contribution is 7.91. The van der Waals surface area contributed by atoms with E-state index in [1.807, 2.05) is 6.92 Å². The molecule has 1 aromatic heterocycles. The minimum absolute atomic E-state index is 0.00737. The molecule has 1 rings (SSSR count). The molecule has 0 fully saturated rings. The molecule has 120 valence electrons. The summed E-state index contributed by atoms with van der Waals surface area (Å²) in [5.74, 6) is 0.00737. The number of methoxy groups -OCH3 is 1. The number of anilines is 1. The molecule has 0 amide bonds. The lowest BCUT2D eigenvalue weighted by Gasteiger charge is -2.10. The molecule has 0 aliphatic heterocycles. The monoisotopic (exact) mass is 337 g/mol. The van der Waals surface area contributed by atoms with Gasteiger partial charge in [0.15, 0.2) is 5.00 Å². The van der Waals surface area contributed by atoms with Crippen molar-refractivity contribution < 1.29 is 18.1 Å². The van der Waals surface area contributed by atoms with Crippen LogP contribution in [0.1, 0.15) is 13.8 Å². The molecule has 0 aromatic carbocycles. The molecule has 0 saturated carbocycles. The van der Waals surface area contributed by atoms with Crippen molar-refractivity contribution >= 4 is 32.0 Å². The second-order valence-electron chi connectivity index (χ2n) is 4.48. The lowest BCUT2D eigenvalue weighted by Crippen LogP contribution is -2.29.